The van der Waals surface area contributed by atoms with Crippen molar-refractivity contribution in [3.63, 3.8) is 0 Å². The summed E-state index contributed by atoms with van der Waals surface area (Å²) in [5, 5.41) is 11.1. The lowest BCUT2D eigenvalue weighted by atomic mass is 9.96. The van der Waals surface area contributed by atoms with Gasteiger partial charge in [0.15, 0.2) is 5.96 Å². The molecule has 0 bridgehead atoms. The Kier molecular flexibility index (Phi) is 7.30. The van der Waals surface area contributed by atoms with E-state index in [2.05, 4.69) is 60.9 Å². The number of nitrogens with one attached hydrogen (secondary N) is 2. The van der Waals surface area contributed by atoms with Crippen molar-refractivity contribution in [3.8, 4) is 0 Å². The molecule has 0 saturated heterocycles. The maximum absolute atomic E-state index is 4.33. The van der Waals surface area contributed by atoms with Gasteiger partial charge in [-0.1, -0.05) is 28.1 Å². The minimum Gasteiger partial charge on any atom is -0.356 e. The summed E-state index contributed by atoms with van der Waals surface area (Å²) in [4.78, 5) is 4.33. The molecule has 1 saturated carbocycles. The van der Waals surface area contributed by atoms with E-state index in [4.69, 9.17) is 0 Å². The lowest BCUT2D eigenvalue weighted by Crippen LogP contribution is -2.41. The van der Waals surface area contributed by atoms with Crippen molar-refractivity contribution in [1.29, 1.82) is 0 Å². The van der Waals surface area contributed by atoms with Gasteiger partial charge in [0.2, 0.25) is 0 Å². The molecule has 3 rings (SSSR count). The van der Waals surface area contributed by atoms with Crippen LogP contribution in [0.25, 0.3) is 0 Å². The van der Waals surface area contributed by atoms with Gasteiger partial charge in [0.1, 0.15) is 0 Å². The van der Waals surface area contributed by atoms with Crippen LogP contribution < -0.4 is 10.6 Å². The average molecular weight is 518 g/mol. The standard InChI is InChI=1S/C18H24BrN5.HI/c1-20-17(21-9-6-14-11-23-24(2)12-14)22-13-18(7-8-18)15-4-3-5-16(19)10-15;/h3-5,10-12H,6-9,13H2,1-2H3,(H2,20,21,22);1H. The number of aryl methyl sites for hydroxylation is 1. The summed E-state index contributed by atoms with van der Waals surface area (Å²) >= 11 is 3.57. The van der Waals surface area contributed by atoms with Gasteiger partial charge < -0.3 is 10.6 Å². The molecule has 0 aliphatic heterocycles. The van der Waals surface area contributed by atoms with Crippen molar-refractivity contribution >= 4 is 45.9 Å². The largest absolute Gasteiger partial charge is 0.356 e. The summed E-state index contributed by atoms with van der Waals surface area (Å²) in [7, 11) is 3.76. The smallest absolute Gasteiger partial charge is 0.191 e. The summed E-state index contributed by atoms with van der Waals surface area (Å²) in [6, 6.07) is 8.64. The summed E-state index contributed by atoms with van der Waals surface area (Å²) in [6.07, 6.45) is 7.34. The van der Waals surface area contributed by atoms with E-state index in [1.54, 1.807) is 0 Å². The lowest BCUT2D eigenvalue weighted by molar-refractivity contribution is 0.645. The van der Waals surface area contributed by atoms with Crippen LogP contribution in [0, 0.1) is 0 Å². The molecule has 1 aliphatic carbocycles. The molecule has 1 aromatic heterocycles. The highest BCUT2D eigenvalue weighted by atomic mass is 127. The fourth-order valence-corrected chi connectivity index (χ4v) is 3.34. The van der Waals surface area contributed by atoms with Crippen LogP contribution in [-0.2, 0) is 18.9 Å². The highest BCUT2D eigenvalue weighted by Gasteiger charge is 2.44. The van der Waals surface area contributed by atoms with Crippen LogP contribution in [-0.4, -0.2) is 35.9 Å². The van der Waals surface area contributed by atoms with E-state index < -0.39 is 0 Å². The first-order valence-electron chi connectivity index (χ1n) is 8.29. The average Bonchev–Trinajstić information content (AvgIpc) is 3.26. The van der Waals surface area contributed by atoms with E-state index in [9.17, 15) is 0 Å². The second kappa shape index (κ2) is 9.02. The zero-order valence-corrected chi connectivity index (χ0v) is 18.5. The molecule has 7 heteroatoms. The molecule has 0 amide bonds. The van der Waals surface area contributed by atoms with Crippen LogP contribution in [0.5, 0.6) is 0 Å². The molecule has 1 heterocycles. The highest BCUT2D eigenvalue weighted by molar-refractivity contribution is 14.0. The number of nitrogens with zero attached hydrogens (tertiary/aromatic N) is 3. The number of aromatic nitrogens is 2. The zero-order chi connectivity index (χ0) is 17.0. The Morgan fingerprint density at radius 2 is 2.16 bits per heavy atom. The number of halogens is 2. The summed E-state index contributed by atoms with van der Waals surface area (Å²) in [5.74, 6) is 0.861. The van der Waals surface area contributed by atoms with Crippen molar-refractivity contribution < 1.29 is 0 Å². The van der Waals surface area contributed by atoms with Crippen molar-refractivity contribution in [2.24, 2.45) is 12.0 Å². The highest BCUT2D eigenvalue weighted by Crippen LogP contribution is 2.48. The van der Waals surface area contributed by atoms with Gasteiger partial charge in [0, 0.05) is 43.3 Å². The van der Waals surface area contributed by atoms with Gasteiger partial charge in [0.05, 0.1) is 6.20 Å². The van der Waals surface area contributed by atoms with Crippen LogP contribution in [0.3, 0.4) is 0 Å². The number of benzene rings is 1. The monoisotopic (exact) mass is 517 g/mol. The van der Waals surface area contributed by atoms with Gasteiger partial charge in [-0.2, -0.15) is 5.10 Å². The molecule has 25 heavy (non-hydrogen) atoms. The Morgan fingerprint density at radius 1 is 1.36 bits per heavy atom. The van der Waals surface area contributed by atoms with Gasteiger partial charge in [-0.25, -0.2) is 0 Å². The van der Waals surface area contributed by atoms with Gasteiger partial charge >= 0.3 is 0 Å². The lowest BCUT2D eigenvalue weighted by Gasteiger charge is -2.19. The summed E-state index contributed by atoms with van der Waals surface area (Å²) < 4.78 is 2.97. The second-order valence-electron chi connectivity index (χ2n) is 6.42. The van der Waals surface area contributed by atoms with E-state index >= 15 is 0 Å². The minimum atomic E-state index is 0. The van der Waals surface area contributed by atoms with Crippen molar-refractivity contribution in [3.05, 3.63) is 52.3 Å². The predicted octanol–water partition coefficient (Wildman–Crippen LogP) is 3.24. The molecule has 2 N–H and O–H groups in total. The molecule has 1 aliphatic rings. The second-order valence-corrected chi connectivity index (χ2v) is 7.33. The van der Waals surface area contributed by atoms with Crippen LogP contribution in [0.15, 0.2) is 46.1 Å². The molecular weight excluding hydrogens is 493 g/mol. The maximum Gasteiger partial charge on any atom is 0.191 e. The van der Waals surface area contributed by atoms with Gasteiger partial charge in [-0.05, 0) is 42.5 Å². The normalized spacial score (nSPS) is 15.4. The number of guanidine groups is 1. The van der Waals surface area contributed by atoms with Crippen LogP contribution in [0.1, 0.15) is 24.0 Å². The third-order valence-corrected chi connectivity index (χ3v) is 5.07. The fraction of sp³-hybridized carbons (Fsp3) is 0.444. The van der Waals surface area contributed by atoms with Crippen LogP contribution in [0.2, 0.25) is 0 Å². The molecule has 1 aromatic carbocycles. The molecular formula is C18H25BrIN5. The molecule has 0 spiro atoms. The number of rotatable bonds is 6. The molecule has 5 nitrogen and oxygen atoms in total. The fourth-order valence-electron chi connectivity index (χ4n) is 2.94. The van der Waals surface area contributed by atoms with E-state index in [0.717, 1.165) is 29.9 Å². The van der Waals surface area contributed by atoms with E-state index in [1.165, 1.54) is 24.0 Å². The number of aliphatic imine (C=N–C) groups is 1. The van der Waals surface area contributed by atoms with Crippen molar-refractivity contribution in [2.75, 3.05) is 20.1 Å². The Hall–Kier alpha value is -1.09. The molecule has 0 atom stereocenters. The zero-order valence-electron chi connectivity index (χ0n) is 14.6. The summed E-state index contributed by atoms with van der Waals surface area (Å²) in [5.41, 5.74) is 2.88. The van der Waals surface area contributed by atoms with E-state index in [1.807, 2.05) is 31.2 Å². The first kappa shape index (κ1) is 20.2. The third kappa shape index (κ3) is 5.44. The first-order chi connectivity index (χ1) is 11.6. The van der Waals surface area contributed by atoms with Crippen molar-refractivity contribution in [1.82, 2.24) is 20.4 Å². The molecule has 2 aromatic rings. The third-order valence-electron chi connectivity index (χ3n) is 4.57. The predicted molar refractivity (Wildman–Crippen MR) is 117 cm³/mol. The molecule has 0 radical (unpaired) electrons. The van der Waals surface area contributed by atoms with E-state index in [0.29, 0.717) is 0 Å². The van der Waals surface area contributed by atoms with Gasteiger partial charge in [-0.15, -0.1) is 24.0 Å². The Labute approximate surface area is 174 Å². The first-order valence-corrected chi connectivity index (χ1v) is 9.09. The van der Waals surface area contributed by atoms with Crippen LogP contribution >= 0.6 is 39.9 Å². The number of hydrogen-bond donors (Lipinski definition) is 2. The summed E-state index contributed by atoms with van der Waals surface area (Å²) in [6.45, 7) is 1.76. The van der Waals surface area contributed by atoms with E-state index in [-0.39, 0.29) is 29.4 Å². The SMILES string of the molecule is CN=C(NCCc1cnn(C)c1)NCC1(c2cccc(Br)c2)CC1.I. The quantitative estimate of drug-likeness (QED) is 0.351. The van der Waals surface area contributed by atoms with Crippen LogP contribution in [0.4, 0.5) is 0 Å². The maximum atomic E-state index is 4.33. The van der Waals surface area contributed by atoms with Gasteiger partial charge in [0.25, 0.3) is 0 Å². The Morgan fingerprint density at radius 3 is 2.76 bits per heavy atom. The van der Waals surface area contributed by atoms with Crippen molar-refractivity contribution in [2.45, 2.75) is 24.7 Å². The molecule has 136 valence electrons. The minimum absolute atomic E-state index is 0. The Bertz CT molecular complexity index is 724. The topological polar surface area (TPSA) is 54.2 Å². The Balaban J connectivity index is 0.00000225. The number of hydrogen-bond acceptors (Lipinski definition) is 2. The van der Waals surface area contributed by atoms with Gasteiger partial charge in [-0.3, -0.25) is 9.67 Å². The molecule has 0 unspecified atom stereocenters. The molecule has 1 fully saturated rings.